The number of hydrogen-bond acceptors (Lipinski definition) is 8. The zero-order valence-electron chi connectivity index (χ0n) is 19.4. The summed E-state index contributed by atoms with van der Waals surface area (Å²) in [5, 5.41) is 3.35. The Bertz CT molecular complexity index is 1440. The predicted molar refractivity (Wildman–Crippen MR) is 131 cm³/mol. The number of fused-ring (bicyclic) bond motifs is 1. The van der Waals surface area contributed by atoms with Crippen LogP contribution in [0.4, 0.5) is 8.78 Å². The summed E-state index contributed by atoms with van der Waals surface area (Å²) in [6, 6.07) is 5.15. The maximum Gasteiger partial charge on any atom is 0.247 e. The van der Waals surface area contributed by atoms with Gasteiger partial charge >= 0.3 is 0 Å². The van der Waals surface area contributed by atoms with Crippen molar-refractivity contribution >= 4 is 43.4 Å². The highest BCUT2D eigenvalue weighted by molar-refractivity contribution is 7.90. The molecule has 1 aliphatic heterocycles. The number of sulfonamides is 1. The molecule has 196 valence electrons. The van der Waals surface area contributed by atoms with Crippen LogP contribution in [0.5, 0.6) is 0 Å². The Balaban J connectivity index is 1.49. The Labute approximate surface area is 215 Å². The van der Waals surface area contributed by atoms with Crippen LogP contribution in [0.2, 0.25) is 0 Å². The molecule has 0 radical (unpaired) electrons. The largest absolute Gasteiger partial charge is 0.379 e. The quantitative estimate of drug-likeness (QED) is 0.408. The van der Waals surface area contributed by atoms with Crippen molar-refractivity contribution in [1.82, 2.24) is 24.9 Å². The Morgan fingerprint density at radius 2 is 1.95 bits per heavy atom. The molecule has 0 spiro atoms. The Hall–Kier alpha value is -3.07. The molecule has 3 aromatic rings. The fraction of sp³-hybridized carbons (Fsp3) is 0.391. The summed E-state index contributed by atoms with van der Waals surface area (Å²) >= 11 is 0.929. The normalized spacial score (nSPS) is 17.5. The highest BCUT2D eigenvalue weighted by Crippen LogP contribution is 2.36. The van der Waals surface area contributed by atoms with E-state index in [4.69, 9.17) is 4.74 Å². The van der Waals surface area contributed by atoms with Gasteiger partial charge in [-0.3, -0.25) is 9.59 Å². The van der Waals surface area contributed by atoms with Gasteiger partial charge in [0.15, 0.2) is 0 Å². The van der Waals surface area contributed by atoms with Crippen LogP contribution in [0, 0.1) is 11.8 Å². The molecule has 2 N–H and O–H groups in total. The molecular formula is C23H23F2N5O5S2. The first kappa shape index (κ1) is 25.6. The van der Waals surface area contributed by atoms with Crippen LogP contribution in [0.25, 0.3) is 21.3 Å². The number of rotatable bonds is 8. The van der Waals surface area contributed by atoms with Gasteiger partial charge in [-0.1, -0.05) is 0 Å². The minimum atomic E-state index is -4.25. The van der Waals surface area contributed by atoms with Crippen LogP contribution in [-0.2, 0) is 24.3 Å². The van der Waals surface area contributed by atoms with Gasteiger partial charge in [-0.25, -0.2) is 22.8 Å². The SMILES string of the molecule is O=C(CNC(=O)C(c1nc2cc(F)c(-c3ccc(F)nc3)cc2s1)S(=O)(=O)N1CCOCC1)NC1CC1. The van der Waals surface area contributed by atoms with E-state index in [2.05, 4.69) is 20.6 Å². The molecule has 1 saturated carbocycles. The van der Waals surface area contributed by atoms with Crippen molar-refractivity contribution in [3.8, 4) is 11.1 Å². The van der Waals surface area contributed by atoms with Gasteiger partial charge in [-0.05, 0) is 31.0 Å². The molecule has 2 aromatic heterocycles. The zero-order valence-corrected chi connectivity index (χ0v) is 21.1. The average molecular weight is 552 g/mol. The van der Waals surface area contributed by atoms with Gasteiger partial charge in [0.05, 0.1) is 30.0 Å². The van der Waals surface area contributed by atoms with Crippen molar-refractivity contribution in [1.29, 1.82) is 0 Å². The number of aromatic nitrogens is 2. The third-order valence-electron chi connectivity index (χ3n) is 5.99. The van der Waals surface area contributed by atoms with Gasteiger partial charge in [0.1, 0.15) is 10.8 Å². The standard InChI is InChI=1S/C23H23F2N5O5S2/c24-16-10-17-18(9-15(16)13-1-4-19(25)26-11-13)36-23(29-17)21(37(33,34)30-5-7-35-8-6-30)22(32)27-12-20(31)28-14-2-3-14/h1,4,9-11,14,21H,2-3,5-8,12H2,(H,27,32)(H,28,31). The number of nitrogens with zero attached hydrogens (tertiary/aromatic N) is 3. The predicted octanol–water partition coefficient (Wildman–Crippen LogP) is 1.73. The highest BCUT2D eigenvalue weighted by Gasteiger charge is 2.42. The first-order chi connectivity index (χ1) is 17.7. The second-order valence-corrected chi connectivity index (χ2v) is 11.8. The molecule has 3 heterocycles. The third kappa shape index (κ3) is 5.61. The molecule has 10 nitrogen and oxygen atoms in total. The van der Waals surface area contributed by atoms with Gasteiger partial charge in [0.2, 0.25) is 33.0 Å². The van der Waals surface area contributed by atoms with Crippen molar-refractivity contribution in [3.05, 3.63) is 47.2 Å². The number of amides is 2. The van der Waals surface area contributed by atoms with Crippen molar-refractivity contribution in [3.63, 3.8) is 0 Å². The Morgan fingerprint density at radius 1 is 1.19 bits per heavy atom. The molecule has 2 fully saturated rings. The molecule has 1 atom stereocenters. The van der Waals surface area contributed by atoms with E-state index < -0.39 is 38.9 Å². The van der Waals surface area contributed by atoms with E-state index in [9.17, 15) is 26.8 Å². The van der Waals surface area contributed by atoms with Crippen molar-refractivity contribution in [2.75, 3.05) is 32.8 Å². The third-order valence-corrected chi connectivity index (χ3v) is 9.34. The molecule has 37 heavy (non-hydrogen) atoms. The number of nitrogens with one attached hydrogen (secondary N) is 2. The van der Waals surface area contributed by atoms with E-state index in [1.807, 2.05) is 0 Å². The number of pyridine rings is 1. The fourth-order valence-corrected chi connectivity index (χ4v) is 7.02. The number of thiazole rings is 1. The van der Waals surface area contributed by atoms with E-state index in [0.717, 1.165) is 40.6 Å². The summed E-state index contributed by atoms with van der Waals surface area (Å²) in [6.45, 7) is 0.103. The molecule has 0 bridgehead atoms. The molecule has 1 aliphatic carbocycles. The lowest BCUT2D eigenvalue weighted by Gasteiger charge is -2.29. The summed E-state index contributed by atoms with van der Waals surface area (Å²) in [7, 11) is -4.25. The van der Waals surface area contributed by atoms with Gasteiger partial charge in [-0.2, -0.15) is 8.70 Å². The number of halogens is 2. The summed E-state index contributed by atoms with van der Waals surface area (Å²) in [6.07, 6.45) is 2.92. The van der Waals surface area contributed by atoms with E-state index >= 15 is 0 Å². The van der Waals surface area contributed by atoms with Crippen LogP contribution in [0.1, 0.15) is 23.1 Å². The fourth-order valence-electron chi connectivity index (χ4n) is 3.93. The molecule has 1 aromatic carbocycles. The molecule has 14 heteroatoms. The van der Waals surface area contributed by atoms with Crippen molar-refractivity contribution in [2.24, 2.45) is 0 Å². The average Bonchev–Trinajstić information content (AvgIpc) is 3.60. The number of ether oxygens (including phenoxy) is 1. The number of morpholine rings is 1. The van der Waals surface area contributed by atoms with E-state index in [0.29, 0.717) is 10.3 Å². The number of carbonyl (C=O) groups is 2. The number of hydrogen-bond donors (Lipinski definition) is 2. The molecule has 2 amide bonds. The molecule has 2 aliphatic rings. The topological polar surface area (TPSA) is 131 Å². The maximum absolute atomic E-state index is 14.9. The van der Waals surface area contributed by atoms with Crippen LogP contribution >= 0.6 is 11.3 Å². The minimum Gasteiger partial charge on any atom is -0.379 e. The maximum atomic E-state index is 14.9. The summed E-state index contributed by atoms with van der Waals surface area (Å²) in [5.41, 5.74) is 0.620. The Kier molecular flexibility index (Phi) is 7.16. The molecule has 1 unspecified atom stereocenters. The number of benzene rings is 1. The molecular weight excluding hydrogens is 528 g/mol. The first-order valence-corrected chi connectivity index (χ1v) is 13.9. The van der Waals surface area contributed by atoms with Crippen molar-refractivity contribution < 1.29 is 31.5 Å². The lowest BCUT2D eigenvalue weighted by atomic mass is 10.1. The van der Waals surface area contributed by atoms with E-state index in [1.54, 1.807) is 0 Å². The second kappa shape index (κ2) is 10.4. The summed E-state index contributed by atoms with van der Waals surface area (Å²) in [5.74, 6) is -2.69. The second-order valence-electron chi connectivity index (χ2n) is 8.72. The van der Waals surface area contributed by atoms with Gasteiger partial charge < -0.3 is 15.4 Å². The van der Waals surface area contributed by atoms with Crippen LogP contribution in [-0.4, -0.2) is 73.4 Å². The van der Waals surface area contributed by atoms with Crippen molar-refractivity contribution in [2.45, 2.75) is 24.1 Å². The van der Waals surface area contributed by atoms with Crippen LogP contribution < -0.4 is 10.6 Å². The lowest BCUT2D eigenvalue weighted by molar-refractivity contribution is -0.126. The first-order valence-electron chi connectivity index (χ1n) is 11.6. The monoisotopic (exact) mass is 551 g/mol. The summed E-state index contributed by atoms with van der Waals surface area (Å²) < 4.78 is 62.1. The van der Waals surface area contributed by atoms with E-state index in [-0.39, 0.29) is 55.0 Å². The van der Waals surface area contributed by atoms with Crippen LogP contribution in [0.15, 0.2) is 30.5 Å². The van der Waals surface area contributed by atoms with E-state index in [1.165, 1.54) is 18.3 Å². The zero-order chi connectivity index (χ0) is 26.2. The minimum absolute atomic E-state index is 0.0598. The molecule has 5 rings (SSSR count). The van der Waals surface area contributed by atoms with Gasteiger partial charge in [0.25, 0.3) is 0 Å². The smallest absolute Gasteiger partial charge is 0.247 e. The summed E-state index contributed by atoms with van der Waals surface area (Å²) in [4.78, 5) is 33.2. The lowest BCUT2D eigenvalue weighted by Crippen LogP contribution is -2.47. The van der Waals surface area contributed by atoms with Gasteiger partial charge in [-0.15, -0.1) is 11.3 Å². The van der Waals surface area contributed by atoms with Gasteiger partial charge in [0, 0.05) is 42.5 Å². The highest BCUT2D eigenvalue weighted by atomic mass is 32.2. The molecule has 1 saturated heterocycles. The van der Waals surface area contributed by atoms with Crippen LogP contribution in [0.3, 0.4) is 0 Å². The Morgan fingerprint density at radius 3 is 2.62 bits per heavy atom. The number of carbonyl (C=O) groups excluding carboxylic acids is 2.